The fraction of sp³-hybridized carbons (Fsp3) is 0.636. The first-order valence-electron chi connectivity index (χ1n) is 5.56. The maximum absolute atomic E-state index is 11.9. The molecule has 1 N–H and O–H groups in total. The predicted molar refractivity (Wildman–Crippen MR) is 66.2 cm³/mol. The first-order valence-corrected chi connectivity index (χ1v) is 6.94. The third-order valence-electron chi connectivity index (χ3n) is 2.49. The van der Waals surface area contributed by atoms with E-state index in [2.05, 4.69) is 5.10 Å². The highest BCUT2D eigenvalue weighted by molar-refractivity contribution is 7.84. The zero-order valence-electron chi connectivity index (χ0n) is 10.3. The Balaban J connectivity index is 2.70. The van der Waals surface area contributed by atoms with E-state index in [1.165, 1.54) is 0 Å². The van der Waals surface area contributed by atoms with Gasteiger partial charge in [0.2, 0.25) is 0 Å². The van der Waals surface area contributed by atoms with Crippen LogP contribution >= 0.6 is 0 Å². The molecule has 0 spiro atoms. The van der Waals surface area contributed by atoms with Gasteiger partial charge in [0, 0.05) is 22.6 Å². The second-order valence-electron chi connectivity index (χ2n) is 4.03. The van der Waals surface area contributed by atoms with E-state index in [0.717, 1.165) is 17.9 Å². The van der Waals surface area contributed by atoms with Crippen LogP contribution in [0.4, 0.5) is 0 Å². The lowest BCUT2D eigenvalue weighted by Crippen LogP contribution is -2.18. The van der Waals surface area contributed by atoms with Crippen LogP contribution in [0.1, 0.15) is 31.7 Å². The summed E-state index contributed by atoms with van der Waals surface area (Å²) in [6.45, 7) is 6.29. The quantitative estimate of drug-likeness (QED) is 0.835. The van der Waals surface area contributed by atoms with Crippen LogP contribution in [-0.2, 0) is 27.9 Å². The van der Waals surface area contributed by atoms with Crippen LogP contribution in [0.5, 0.6) is 0 Å². The molecule has 0 saturated heterocycles. The van der Waals surface area contributed by atoms with Gasteiger partial charge in [-0.1, -0.05) is 6.92 Å². The third-order valence-corrected chi connectivity index (χ3v) is 4.13. The molecule has 17 heavy (non-hydrogen) atoms. The number of aliphatic carboxylic acids is 1. The summed E-state index contributed by atoms with van der Waals surface area (Å²) in [6.07, 6.45) is -0.0636. The van der Waals surface area contributed by atoms with Crippen LogP contribution < -0.4 is 0 Å². The lowest BCUT2D eigenvalue weighted by Gasteiger charge is -2.09. The Hall–Kier alpha value is -1.17. The summed E-state index contributed by atoms with van der Waals surface area (Å²) >= 11 is 0. The van der Waals surface area contributed by atoms with Gasteiger partial charge in [0.05, 0.1) is 23.6 Å². The number of carbonyl (C=O) groups is 1. The van der Waals surface area contributed by atoms with E-state index in [1.807, 2.05) is 19.9 Å². The fourth-order valence-corrected chi connectivity index (χ4v) is 2.75. The number of rotatable bonds is 6. The van der Waals surface area contributed by atoms with Crippen molar-refractivity contribution in [3.05, 3.63) is 17.5 Å². The highest BCUT2D eigenvalue weighted by atomic mass is 32.2. The summed E-state index contributed by atoms with van der Waals surface area (Å²) in [6, 6.07) is 1.90. The van der Waals surface area contributed by atoms with Crippen molar-refractivity contribution in [2.75, 3.05) is 0 Å². The number of hydrogen-bond donors (Lipinski definition) is 1. The average Bonchev–Trinajstić information content (AvgIpc) is 2.57. The molecule has 1 heterocycles. The van der Waals surface area contributed by atoms with Crippen molar-refractivity contribution in [3.63, 3.8) is 0 Å². The second kappa shape index (κ2) is 5.95. The van der Waals surface area contributed by atoms with Crippen LogP contribution in [0.25, 0.3) is 0 Å². The van der Waals surface area contributed by atoms with Crippen LogP contribution in [0, 0.1) is 6.92 Å². The molecule has 6 heteroatoms. The molecule has 1 rings (SSSR count). The van der Waals surface area contributed by atoms with Gasteiger partial charge in [-0.25, -0.2) is 0 Å². The third kappa shape index (κ3) is 3.96. The normalized spacial score (nSPS) is 14.5. The monoisotopic (exact) mass is 258 g/mol. The van der Waals surface area contributed by atoms with Crippen molar-refractivity contribution >= 4 is 16.8 Å². The Morgan fingerprint density at radius 1 is 1.65 bits per heavy atom. The maximum atomic E-state index is 11.9. The molecule has 0 aromatic carbocycles. The van der Waals surface area contributed by atoms with Crippen LogP contribution in [-0.4, -0.2) is 30.3 Å². The summed E-state index contributed by atoms with van der Waals surface area (Å²) in [5.74, 6) is -0.547. The molecular formula is C11H18N2O3S. The van der Waals surface area contributed by atoms with E-state index >= 15 is 0 Å². The number of nitrogens with zero attached hydrogens (tertiary/aromatic N) is 2. The molecule has 2 unspecified atom stereocenters. The average molecular weight is 258 g/mol. The maximum Gasteiger partial charge on any atom is 0.304 e. The first-order chi connectivity index (χ1) is 7.93. The van der Waals surface area contributed by atoms with E-state index in [0.29, 0.717) is 5.75 Å². The van der Waals surface area contributed by atoms with E-state index in [-0.39, 0.29) is 11.7 Å². The summed E-state index contributed by atoms with van der Waals surface area (Å²) < 4.78 is 13.7. The zero-order chi connectivity index (χ0) is 13.0. The zero-order valence-corrected chi connectivity index (χ0v) is 11.2. The topological polar surface area (TPSA) is 72.2 Å². The minimum absolute atomic E-state index is 0.0636. The first kappa shape index (κ1) is 13.9. The Labute approximate surface area is 103 Å². The largest absolute Gasteiger partial charge is 0.481 e. The standard InChI is InChI=1S/C11H18N2O3S/c1-4-13-10(5-8(2)12-13)7-17(16)9(3)6-11(14)15/h5,9H,4,6-7H2,1-3H3,(H,14,15). The lowest BCUT2D eigenvalue weighted by atomic mass is 10.3. The number of carboxylic acids is 1. The van der Waals surface area contributed by atoms with Gasteiger partial charge in [-0.05, 0) is 19.9 Å². The summed E-state index contributed by atoms with van der Waals surface area (Å²) in [5, 5.41) is 12.6. The van der Waals surface area contributed by atoms with E-state index in [1.54, 1.807) is 11.6 Å². The number of carboxylic acid groups (broad SMARTS) is 1. The van der Waals surface area contributed by atoms with Crippen molar-refractivity contribution in [3.8, 4) is 0 Å². The van der Waals surface area contributed by atoms with Gasteiger partial charge in [0.15, 0.2) is 0 Å². The lowest BCUT2D eigenvalue weighted by molar-refractivity contribution is -0.136. The smallest absolute Gasteiger partial charge is 0.304 e. The summed E-state index contributed by atoms with van der Waals surface area (Å²) in [5.41, 5.74) is 1.80. The van der Waals surface area contributed by atoms with Gasteiger partial charge >= 0.3 is 5.97 Å². The molecule has 0 aliphatic rings. The molecule has 0 radical (unpaired) electrons. The molecule has 5 nitrogen and oxygen atoms in total. The fourth-order valence-electron chi connectivity index (χ4n) is 1.62. The Kier molecular flexibility index (Phi) is 4.86. The molecule has 1 aromatic heterocycles. The van der Waals surface area contributed by atoms with Gasteiger partial charge in [-0.15, -0.1) is 0 Å². The van der Waals surface area contributed by atoms with Crippen LogP contribution in [0.15, 0.2) is 6.07 Å². The highest BCUT2D eigenvalue weighted by Gasteiger charge is 2.17. The van der Waals surface area contributed by atoms with Gasteiger partial charge in [0.1, 0.15) is 0 Å². The minimum atomic E-state index is -1.18. The van der Waals surface area contributed by atoms with Crippen molar-refractivity contribution in [1.29, 1.82) is 0 Å². The molecule has 2 atom stereocenters. The van der Waals surface area contributed by atoms with Crippen molar-refractivity contribution in [1.82, 2.24) is 9.78 Å². The second-order valence-corrected chi connectivity index (χ2v) is 5.88. The minimum Gasteiger partial charge on any atom is -0.481 e. The van der Waals surface area contributed by atoms with E-state index in [4.69, 9.17) is 5.11 Å². The molecule has 96 valence electrons. The van der Waals surface area contributed by atoms with Gasteiger partial charge in [-0.2, -0.15) is 5.10 Å². The van der Waals surface area contributed by atoms with Gasteiger partial charge in [-0.3, -0.25) is 13.7 Å². The number of aryl methyl sites for hydroxylation is 2. The molecule has 0 saturated carbocycles. The number of aromatic nitrogens is 2. The Morgan fingerprint density at radius 2 is 2.29 bits per heavy atom. The van der Waals surface area contributed by atoms with Crippen LogP contribution in [0.2, 0.25) is 0 Å². The molecule has 0 amide bonds. The SMILES string of the molecule is CCn1nc(C)cc1CS(=O)C(C)CC(=O)O. The van der Waals surface area contributed by atoms with E-state index < -0.39 is 16.8 Å². The Bertz CT molecular complexity index is 428. The Morgan fingerprint density at radius 3 is 2.82 bits per heavy atom. The van der Waals surface area contributed by atoms with E-state index in [9.17, 15) is 9.00 Å². The summed E-state index contributed by atoms with van der Waals surface area (Å²) in [4.78, 5) is 10.5. The molecule has 0 fully saturated rings. The van der Waals surface area contributed by atoms with Crippen LogP contribution in [0.3, 0.4) is 0 Å². The van der Waals surface area contributed by atoms with Gasteiger partial charge in [0.25, 0.3) is 0 Å². The highest BCUT2D eigenvalue weighted by Crippen LogP contribution is 2.11. The molecule has 0 aliphatic carbocycles. The molecule has 0 bridgehead atoms. The van der Waals surface area contributed by atoms with Crippen molar-refractivity contribution in [2.45, 2.75) is 44.7 Å². The molecule has 0 aliphatic heterocycles. The predicted octanol–water partition coefficient (Wildman–Crippen LogP) is 1.32. The number of hydrogen-bond acceptors (Lipinski definition) is 3. The molecular weight excluding hydrogens is 240 g/mol. The van der Waals surface area contributed by atoms with Crippen molar-refractivity contribution in [2.24, 2.45) is 0 Å². The van der Waals surface area contributed by atoms with Gasteiger partial charge < -0.3 is 5.11 Å². The summed E-state index contributed by atoms with van der Waals surface area (Å²) in [7, 11) is -1.18. The van der Waals surface area contributed by atoms with Crippen molar-refractivity contribution < 1.29 is 14.1 Å². The molecule has 1 aromatic rings.